The van der Waals surface area contributed by atoms with Crippen LogP contribution in [0.15, 0.2) is 65.2 Å². The van der Waals surface area contributed by atoms with E-state index in [1.165, 1.54) is 12.1 Å². The van der Waals surface area contributed by atoms with Crippen molar-refractivity contribution < 1.29 is 13.6 Å². The second-order valence-electron chi connectivity index (χ2n) is 5.57. The first-order valence-corrected chi connectivity index (χ1v) is 8.22. The Balaban J connectivity index is 1.45. The lowest BCUT2D eigenvalue weighted by atomic mass is 10.2. The van der Waals surface area contributed by atoms with Gasteiger partial charge >= 0.3 is 0 Å². The molecule has 0 unspecified atom stereocenters. The van der Waals surface area contributed by atoms with Gasteiger partial charge in [0.2, 0.25) is 5.91 Å². The average Bonchev–Trinajstić information content (AvgIpc) is 3.14. The number of aryl methyl sites for hydroxylation is 1. The molecule has 0 atom stereocenters. The summed E-state index contributed by atoms with van der Waals surface area (Å²) in [4.78, 5) is 16.0. The fourth-order valence-corrected chi connectivity index (χ4v) is 2.29. The van der Waals surface area contributed by atoms with Crippen LogP contribution in [0.2, 0.25) is 0 Å². The Bertz CT molecular complexity index is 922. The smallest absolute Gasteiger partial charge is 0.221 e. The molecule has 1 amide bonds. The first-order chi connectivity index (χ1) is 12.7. The normalized spacial score (nSPS) is 10.0. The number of carbonyl (C=O) groups excluding carboxylic acids is 1. The molecule has 0 spiro atoms. The molecule has 0 bridgehead atoms. The van der Waals surface area contributed by atoms with Gasteiger partial charge in [-0.3, -0.25) is 4.79 Å². The third-order valence-corrected chi connectivity index (χ3v) is 3.63. The number of nitrogens with one attached hydrogen (secondary N) is 1. The first kappa shape index (κ1) is 17.4. The Kier molecular flexibility index (Phi) is 5.79. The average molecular weight is 348 g/mol. The lowest BCUT2D eigenvalue weighted by Crippen LogP contribution is -2.23. The number of carbonyl (C=O) groups is 1. The molecule has 0 saturated heterocycles. The molecule has 5 heteroatoms. The number of halogens is 1. The molecule has 2 aromatic carbocycles. The van der Waals surface area contributed by atoms with E-state index in [0.29, 0.717) is 24.6 Å². The quantitative estimate of drug-likeness (QED) is 0.717. The number of amides is 1. The van der Waals surface area contributed by atoms with Crippen molar-refractivity contribution in [3.8, 4) is 23.2 Å². The molecule has 1 aromatic heterocycles. The van der Waals surface area contributed by atoms with Crippen molar-refractivity contribution in [2.24, 2.45) is 0 Å². The van der Waals surface area contributed by atoms with Crippen molar-refractivity contribution in [1.29, 1.82) is 0 Å². The molecule has 0 aliphatic rings. The zero-order chi connectivity index (χ0) is 18.2. The molecule has 0 saturated carbocycles. The molecule has 0 radical (unpaired) electrons. The summed E-state index contributed by atoms with van der Waals surface area (Å²) in [5.74, 6) is 6.48. The van der Waals surface area contributed by atoms with Crippen molar-refractivity contribution in [2.45, 2.75) is 12.8 Å². The van der Waals surface area contributed by atoms with Gasteiger partial charge in [0, 0.05) is 24.0 Å². The predicted molar refractivity (Wildman–Crippen MR) is 96.5 cm³/mol. The highest BCUT2D eigenvalue weighted by Crippen LogP contribution is 2.21. The Morgan fingerprint density at radius 2 is 1.88 bits per heavy atom. The van der Waals surface area contributed by atoms with Gasteiger partial charge < -0.3 is 9.73 Å². The summed E-state index contributed by atoms with van der Waals surface area (Å²) in [6.45, 7) is 0.292. The number of rotatable bonds is 5. The van der Waals surface area contributed by atoms with Gasteiger partial charge in [-0.1, -0.05) is 30.0 Å². The van der Waals surface area contributed by atoms with E-state index >= 15 is 0 Å². The highest BCUT2D eigenvalue weighted by atomic mass is 19.1. The van der Waals surface area contributed by atoms with Crippen LogP contribution < -0.4 is 5.32 Å². The number of oxazole rings is 1. The number of hydrogen-bond acceptors (Lipinski definition) is 3. The van der Waals surface area contributed by atoms with Crippen molar-refractivity contribution in [1.82, 2.24) is 10.3 Å². The van der Waals surface area contributed by atoms with Crippen LogP contribution in [0.1, 0.15) is 17.9 Å². The standard InChI is InChI=1S/C21H17FN2O2/c22-18-10-8-17(9-11-18)19-15-24-21(26-19)13-12-20(25)23-14-4-7-16-5-2-1-3-6-16/h1-3,5-6,8-11,15H,12-14H2,(H,23,25). The first-order valence-electron chi connectivity index (χ1n) is 8.22. The Morgan fingerprint density at radius 3 is 2.65 bits per heavy atom. The molecule has 1 N–H and O–H groups in total. The van der Waals surface area contributed by atoms with E-state index in [-0.39, 0.29) is 18.1 Å². The molecule has 1 heterocycles. The maximum atomic E-state index is 12.9. The Labute approximate surface area is 151 Å². The van der Waals surface area contributed by atoms with Crippen LogP contribution in [-0.4, -0.2) is 17.4 Å². The van der Waals surface area contributed by atoms with Crippen molar-refractivity contribution in [2.75, 3.05) is 6.54 Å². The molecule has 3 aromatic rings. The van der Waals surface area contributed by atoms with Gasteiger partial charge in [-0.25, -0.2) is 9.37 Å². The Hall–Kier alpha value is -3.39. The van der Waals surface area contributed by atoms with Gasteiger partial charge in [-0.2, -0.15) is 0 Å². The summed E-state index contributed by atoms with van der Waals surface area (Å²) in [6.07, 6.45) is 2.22. The zero-order valence-corrected chi connectivity index (χ0v) is 14.0. The summed E-state index contributed by atoms with van der Waals surface area (Å²) in [7, 11) is 0. The van der Waals surface area contributed by atoms with E-state index in [4.69, 9.17) is 4.42 Å². The number of nitrogens with zero attached hydrogens (tertiary/aromatic N) is 1. The van der Waals surface area contributed by atoms with Crippen LogP contribution in [0.4, 0.5) is 4.39 Å². The highest BCUT2D eigenvalue weighted by Gasteiger charge is 2.08. The van der Waals surface area contributed by atoms with Crippen molar-refractivity contribution >= 4 is 5.91 Å². The van der Waals surface area contributed by atoms with Crippen LogP contribution in [0.3, 0.4) is 0 Å². The molecule has 130 valence electrons. The number of hydrogen-bond donors (Lipinski definition) is 1. The van der Waals surface area contributed by atoms with E-state index in [2.05, 4.69) is 22.1 Å². The van der Waals surface area contributed by atoms with Crippen LogP contribution >= 0.6 is 0 Å². The van der Waals surface area contributed by atoms with Gasteiger partial charge in [0.05, 0.1) is 12.7 Å². The van der Waals surface area contributed by atoms with Gasteiger partial charge in [0.15, 0.2) is 11.7 Å². The third-order valence-electron chi connectivity index (χ3n) is 3.63. The lowest BCUT2D eigenvalue weighted by Gasteiger charge is -1.99. The SMILES string of the molecule is O=C(CCc1ncc(-c2ccc(F)cc2)o1)NCC#Cc1ccccc1. The van der Waals surface area contributed by atoms with Crippen molar-refractivity contribution in [3.05, 3.63) is 78.1 Å². The van der Waals surface area contributed by atoms with Crippen LogP contribution in [0.25, 0.3) is 11.3 Å². The fourth-order valence-electron chi connectivity index (χ4n) is 2.29. The summed E-state index contributed by atoms with van der Waals surface area (Å²) >= 11 is 0. The summed E-state index contributed by atoms with van der Waals surface area (Å²) in [5.41, 5.74) is 1.65. The molecule has 4 nitrogen and oxygen atoms in total. The second-order valence-corrected chi connectivity index (χ2v) is 5.57. The molecule has 0 aliphatic carbocycles. The fraction of sp³-hybridized carbons (Fsp3) is 0.143. The third kappa shape index (κ3) is 5.05. The minimum Gasteiger partial charge on any atom is -0.441 e. The van der Waals surface area contributed by atoms with Gasteiger partial charge in [-0.15, -0.1) is 0 Å². The summed E-state index contributed by atoms with van der Waals surface area (Å²) in [5, 5.41) is 2.74. The maximum Gasteiger partial charge on any atom is 0.221 e. The highest BCUT2D eigenvalue weighted by molar-refractivity contribution is 5.76. The monoisotopic (exact) mass is 348 g/mol. The van der Waals surface area contributed by atoms with Crippen LogP contribution in [-0.2, 0) is 11.2 Å². The molecular formula is C21H17FN2O2. The second kappa shape index (κ2) is 8.63. The number of aromatic nitrogens is 1. The van der Waals surface area contributed by atoms with E-state index < -0.39 is 0 Å². The van der Waals surface area contributed by atoms with Crippen LogP contribution in [0.5, 0.6) is 0 Å². The summed E-state index contributed by atoms with van der Waals surface area (Å²) in [6, 6.07) is 15.6. The largest absolute Gasteiger partial charge is 0.441 e. The predicted octanol–water partition coefficient (Wildman–Crippen LogP) is 3.58. The zero-order valence-electron chi connectivity index (χ0n) is 14.0. The topological polar surface area (TPSA) is 55.1 Å². The molecule has 0 fully saturated rings. The van der Waals surface area contributed by atoms with E-state index in [1.807, 2.05) is 30.3 Å². The number of benzene rings is 2. The van der Waals surface area contributed by atoms with E-state index in [1.54, 1.807) is 18.3 Å². The molecule has 26 heavy (non-hydrogen) atoms. The Morgan fingerprint density at radius 1 is 1.12 bits per heavy atom. The van der Waals surface area contributed by atoms with E-state index in [9.17, 15) is 9.18 Å². The van der Waals surface area contributed by atoms with Crippen molar-refractivity contribution in [3.63, 3.8) is 0 Å². The van der Waals surface area contributed by atoms with Gasteiger partial charge in [-0.05, 0) is 36.4 Å². The molecular weight excluding hydrogens is 331 g/mol. The maximum absolute atomic E-state index is 12.9. The minimum absolute atomic E-state index is 0.117. The molecule has 0 aliphatic heterocycles. The van der Waals surface area contributed by atoms with E-state index in [0.717, 1.165) is 11.1 Å². The lowest BCUT2D eigenvalue weighted by molar-refractivity contribution is -0.120. The van der Waals surface area contributed by atoms with Gasteiger partial charge in [0.1, 0.15) is 5.82 Å². The van der Waals surface area contributed by atoms with Crippen LogP contribution in [0, 0.1) is 17.7 Å². The summed E-state index contributed by atoms with van der Waals surface area (Å²) < 4.78 is 18.5. The molecule has 3 rings (SSSR count). The van der Waals surface area contributed by atoms with Gasteiger partial charge in [0.25, 0.3) is 0 Å². The minimum atomic E-state index is -0.305.